The quantitative estimate of drug-likeness (QED) is 0.407. The van der Waals surface area contributed by atoms with E-state index in [0.29, 0.717) is 5.69 Å². The smallest absolute Gasteiger partial charge is 0.275 e. The van der Waals surface area contributed by atoms with Crippen molar-refractivity contribution in [2.75, 3.05) is 5.32 Å². The standard InChI is InChI=1S/C27H22F2N4O2/c1-18-6-8-19(9-7-18)17-33(27(35)24-16-30-14-15-31-24)25(22-4-2-3-5-23(22)29)26(34)32-21-12-10-20(28)11-13-21/h2-16,25H,17H2,1H3,(H,32,34). The lowest BCUT2D eigenvalue weighted by Crippen LogP contribution is -2.41. The van der Waals surface area contributed by atoms with Gasteiger partial charge in [-0.1, -0.05) is 48.0 Å². The van der Waals surface area contributed by atoms with Crippen molar-refractivity contribution in [2.45, 2.75) is 19.5 Å². The molecule has 0 aliphatic rings. The minimum absolute atomic E-state index is 0.00548. The zero-order valence-corrected chi connectivity index (χ0v) is 18.9. The van der Waals surface area contributed by atoms with E-state index in [1.807, 2.05) is 31.2 Å². The average Bonchev–Trinajstić information content (AvgIpc) is 2.87. The summed E-state index contributed by atoms with van der Waals surface area (Å²) < 4.78 is 28.4. The summed E-state index contributed by atoms with van der Waals surface area (Å²) in [5.41, 5.74) is 2.09. The van der Waals surface area contributed by atoms with Crippen LogP contribution in [0.25, 0.3) is 0 Å². The number of halogens is 2. The van der Waals surface area contributed by atoms with Gasteiger partial charge in [0.1, 0.15) is 23.4 Å². The molecule has 0 bridgehead atoms. The highest BCUT2D eigenvalue weighted by atomic mass is 19.1. The molecule has 1 heterocycles. The molecule has 2 amide bonds. The van der Waals surface area contributed by atoms with Gasteiger partial charge in [-0.15, -0.1) is 0 Å². The Labute approximate surface area is 201 Å². The van der Waals surface area contributed by atoms with Crippen LogP contribution in [0.3, 0.4) is 0 Å². The predicted molar refractivity (Wildman–Crippen MR) is 127 cm³/mol. The molecule has 4 rings (SSSR count). The van der Waals surface area contributed by atoms with E-state index in [2.05, 4.69) is 15.3 Å². The first kappa shape index (κ1) is 23.7. The normalized spacial score (nSPS) is 11.5. The van der Waals surface area contributed by atoms with E-state index >= 15 is 4.39 Å². The number of carbonyl (C=O) groups excluding carboxylic acids is 2. The summed E-state index contributed by atoms with van der Waals surface area (Å²) in [5, 5.41) is 2.67. The first-order valence-electron chi connectivity index (χ1n) is 10.9. The predicted octanol–water partition coefficient (Wildman–Crippen LogP) is 5.09. The summed E-state index contributed by atoms with van der Waals surface area (Å²) in [6, 6.07) is 17.0. The summed E-state index contributed by atoms with van der Waals surface area (Å²) in [4.78, 5) is 36.5. The highest BCUT2D eigenvalue weighted by Gasteiger charge is 2.34. The molecule has 35 heavy (non-hydrogen) atoms. The van der Waals surface area contributed by atoms with Crippen molar-refractivity contribution in [3.63, 3.8) is 0 Å². The van der Waals surface area contributed by atoms with Gasteiger partial charge >= 0.3 is 0 Å². The van der Waals surface area contributed by atoms with E-state index in [9.17, 15) is 14.0 Å². The van der Waals surface area contributed by atoms with Crippen LogP contribution in [0.5, 0.6) is 0 Å². The van der Waals surface area contributed by atoms with Crippen LogP contribution < -0.4 is 5.32 Å². The zero-order valence-electron chi connectivity index (χ0n) is 18.9. The molecule has 0 aliphatic carbocycles. The Morgan fingerprint density at radius 1 is 0.943 bits per heavy atom. The number of benzene rings is 3. The maximum atomic E-state index is 15.0. The van der Waals surface area contributed by atoms with E-state index in [4.69, 9.17) is 0 Å². The van der Waals surface area contributed by atoms with Crippen molar-refractivity contribution in [3.8, 4) is 0 Å². The molecule has 8 heteroatoms. The number of carbonyl (C=O) groups is 2. The molecule has 0 saturated carbocycles. The van der Waals surface area contributed by atoms with Gasteiger partial charge in [-0.05, 0) is 42.8 Å². The van der Waals surface area contributed by atoms with E-state index < -0.39 is 29.5 Å². The second-order valence-electron chi connectivity index (χ2n) is 7.93. The summed E-state index contributed by atoms with van der Waals surface area (Å²) in [7, 11) is 0. The summed E-state index contributed by atoms with van der Waals surface area (Å²) in [6.45, 7) is 1.94. The monoisotopic (exact) mass is 472 g/mol. The van der Waals surface area contributed by atoms with E-state index in [0.717, 1.165) is 11.1 Å². The van der Waals surface area contributed by atoms with E-state index in [1.54, 1.807) is 6.07 Å². The van der Waals surface area contributed by atoms with Gasteiger partial charge in [0.05, 0.1) is 6.20 Å². The Morgan fingerprint density at radius 2 is 1.66 bits per heavy atom. The first-order chi connectivity index (χ1) is 16.9. The lowest BCUT2D eigenvalue weighted by Gasteiger charge is -2.31. The molecule has 0 radical (unpaired) electrons. The number of hydrogen-bond donors (Lipinski definition) is 1. The fourth-order valence-electron chi connectivity index (χ4n) is 3.62. The highest BCUT2D eigenvalue weighted by Crippen LogP contribution is 2.29. The summed E-state index contributed by atoms with van der Waals surface area (Å²) in [5.74, 6) is -2.37. The van der Waals surface area contributed by atoms with Gasteiger partial charge in [-0.25, -0.2) is 13.8 Å². The Bertz CT molecular complexity index is 1310. The molecule has 6 nitrogen and oxygen atoms in total. The van der Waals surface area contributed by atoms with Gasteiger partial charge in [0.15, 0.2) is 0 Å². The molecule has 0 spiro atoms. The lowest BCUT2D eigenvalue weighted by molar-refractivity contribution is -0.121. The molecular weight excluding hydrogens is 450 g/mol. The van der Waals surface area contributed by atoms with Crippen molar-refractivity contribution < 1.29 is 18.4 Å². The van der Waals surface area contributed by atoms with Gasteiger partial charge < -0.3 is 10.2 Å². The number of hydrogen-bond acceptors (Lipinski definition) is 4. The molecule has 1 atom stereocenters. The zero-order chi connectivity index (χ0) is 24.8. The maximum absolute atomic E-state index is 15.0. The van der Waals surface area contributed by atoms with Gasteiger partial charge in [-0.2, -0.15) is 0 Å². The van der Waals surface area contributed by atoms with Crippen LogP contribution in [0.4, 0.5) is 14.5 Å². The highest BCUT2D eigenvalue weighted by molar-refractivity contribution is 6.00. The summed E-state index contributed by atoms with van der Waals surface area (Å²) >= 11 is 0. The minimum atomic E-state index is -1.35. The van der Waals surface area contributed by atoms with Crippen molar-refractivity contribution in [3.05, 3.63) is 125 Å². The van der Waals surface area contributed by atoms with Gasteiger partial charge in [0.2, 0.25) is 0 Å². The van der Waals surface area contributed by atoms with Crippen LogP contribution in [0.15, 0.2) is 91.4 Å². The third-order valence-electron chi connectivity index (χ3n) is 5.39. The number of rotatable bonds is 7. The molecule has 0 fully saturated rings. The number of amides is 2. The van der Waals surface area contributed by atoms with Gasteiger partial charge in [0, 0.05) is 30.2 Å². The molecule has 4 aromatic rings. The molecule has 176 valence electrons. The Morgan fingerprint density at radius 3 is 2.31 bits per heavy atom. The van der Waals surface area contributed by atoms with Crippen molar-refractivity contribution in [1.29, 1.82) is 0 Å². The Kier molecular flexibility index (Phi) is 7.21. The third-order valence-corrected chi connectivity index (χ3v) is 5.39. The van der Waals surface area contributed by atoms with Crippen LogP contribution >= 0.6 is 0 Å². The van der Waals surface area contributed by atoms with Crippen LogP contribution in [0.2, 0.25) is 0 Å². The third kappa shape index (κ3) is 5.73. The van der Waals surface area contributed by atoms with Gasteiger partial charge in [-0.3, -0.25) is 14.6 Å². The number of aromatic nitrogens is 2. The molecule has 1 aromatic heterocycles. The first-order valence-corrected chi connectivity index (χ1v) is 10.9. The molecular formula is C27H22F2N4O2. The fraction of sp³-hybridized carbons (Fsp3) is 0.111. The molecule has 1 unspecified atom stereocenters. The van der Waals surface area contributed by atoms with Crippen molar-refractivity contribution >= 4 is 17.5 Å². The van der Waals surface area contributed by atoms with Crippen molar-refractivity contribution in [1.82, 2.24) is 14.9 Å². The second kappa shape index (κ2) is 10.6. The molecule has 0 saturated heterocycles. The van der Waals surface area contributed by atoms with E-state index in [-0.39, 0.29) is 17.8 Å². The molecule has 0 aliphatic heterocycles. The number of anilines is 1. The fourth-order valence-corrected chi connectivity index (χ4v) is 3.62. The summed E-state index contributed by atoms with van der Waals surface area (Å²) in [6.07, 6.45) is 4.09. The average molecular weight is 472 g/mol. The van der Waals surface area contributed by atoms with Crippen LogP contribution in [-0.2, 0) is 11.3 Å². The topological polar surface area (TPSA) is 75.2 Å². The Balaban J connectivity index is 1.79. The van der Waals surface area contributed by atoms with Gasteiger partial charge in [0.25, 0.3) is 11.8 Å². The Hall–Kier alpha value is -4.46. The van der Waals surface area contributed by atoms with Crippen molar-refractivity contribution in [2.24, 2.45) is 0 Å². The number of nitrogens with one attached hydrogen (secondary N) is 1. The van der Waals surface area contributed by atoms with Crippen LogP contribution in [-0.4, -0.2) is 26.7 Å². The number of aryl methyl sites for hydroxylation is 1. The molecule has 3 aromatic carbocycles. The minimum Gasteiger partial charge on any atom is -0.324 e. The maximum Gasteiger partial charge on any atom is 0.275 e. The number of nitrogens with zero attached hydrogens (tertiary/aromatic N) is 3. The van der Waals surface area contributed by atoms with E-state index in [1.165, 1.54) is 66.0 Å². The largest absolute Gasteiger partial charge is 0.324 e. The van der Waals surface area contributed by atoms with Crippen LogP contribution in [0.1, 0.15) is 33.2 Å². The molecule has 1 N–H and O–H groups in total. The lowest BCUT2D eigenvalue weighted by atomic mass is 10.0. The second-order valence-corrected chi connectivity index (χ2v) is 7.93. The SMILES string of the molecule is Cc1ccc(CN(C(=O)c2cnccn2)C(C(=O)Nc2ccc(F)cc2)c2ccccc2F)cc1. The van der Waals surface area contributed by atoms with Crippen LogP contribution in [0, 0.1) is 18.6 Å².